The highest BCUT2D eigenvalue weighted by Crippen LogP contribution is 2.29. The Morgan fingerprint density at radius 1 is 1.26 bits per heavy atom. The molecule has 0 atom stereocenters. The normalized spacial score (nSPS) is 10.9. The molecule has 0 aliphatic carbocycles. The summed E-state index contributed by atoms with van der Waals surface area (Å²) in [7, 11) is 1.56. The van der Waals surface area contributed by atoms with Gasteiger partial charge in [-0.15, -0.1) is 0 Å². The minimum absolute atomic E-state index is 0.227. The third-order valence-electron chi connectivity index (χ3n) is 4.28. The van der Waals surface area contributed by atoms with E-state index >= 15 is 0 Å². The molecule has 0 saturated heterocycles. The maximum Gasteiger partial charge on any atom is 0.265 e. The molecule has 0 spiro atoms. The highest BCUT2D eigenvalue weighted by atomic mass is 32.2. The van der Waals surface area contributed by atoms with Crippen LogP contribution in [0.1, 0.15) is 25.2 Å². The molecule has 0 amide bonds. The maximum atomic E-state index is 13.1. The lowest BCUT2D eigenvalue weighted by Gasteiger charge is -2.16. The van der Waals surface area contributed by atoms with E-state index in [9.17, 15) is 9.90 Å². The van der Waals surface area contributed by atoms with Crippen molar-refractivity contribution in [3.63, 3.8) is 0 Å². The number of benzene rings is 1. The minimum Gasteiger partial charge on any atom is -0.495 e. The largest absolute Gasteiger partial charge is 0.495 e. The van der Waals surface area contributed by atoms with E-state index in [-0.39, 0.29) is 17.0 Å². The smallest absolute Gasteiger partial charge is 0.265 e. The predicted molar refractivity (Wildman–Crippen MR) is 105 cm³/mol. The third-order valence-corrected chi connectivity index (χ3v) is 5.21. The van der Waals surface area contributed by atoms with E-state index in [0.29, 0.717) is 28.8 Å². The average molecular weight is 386 g/mol. The van der Waals surface area contributed by atoms with Gasteiger partial charge in [-0.25, -0.2) is 4.98 Å². The number of thioether (sulfide) groups is 1. The molecule has 0 fully saturated rings. The first-order valence-corrected chi connectivity index (χ1v) is 9.70. The van der Waals surface area contributed by atoms with Gasteiger partial charge in [-0.2, -0.15) is 4.98 Å². The van der Waals surface area contributed by atoms with Crippen molar-refractivity contribution in [1.29, 1.82) is 0 Å². The Bertz CT molecular complexity index is 997. The number of nitrogens with zero attached hydrogens (tertiary/aromatic N) is 4. The number of aromatic hydroxyl groups is 1. The van der Waals surface area contributed by atoms with E-state index < -0.39 is 0 Å². The summed E-state index contributed by atoms with van der Waals surface area (Å²) in [6.45, 7) is 4.67. The van der Waals surface area contributed by atoms with Crippen molar-refractivity contribution in [2.75, 3.05) is 7.11 Å². The van der Waals surface area contributed by atoms with E-state index in [2.05, 4.69) is 9.97 Å². The molecule has 8 heteroatoms. The van der Waals surface area contributed by atoms with E-state index in [1.807, 2.05) is 36.7 Å². The van der Waals surface area contributed by atoms with Crippen LogP contribution in [0, 0.1) is 0 Å². The van der Waals surface area contributed by atoms with Gasteiger partial charge < -0.3 is 14.4 Å². The number of aryl methyl sites for hydroxylation is 1. The summed E-state index contributed by atoms with van der Waals surface area (Å²) in [6, 6.07) is 7.27. The molecular formula is C19H22N4O3S. The zero-order valence-corrected chi connectivity index (χ0v) is 16.4. The Morgan fingerprint density at radius 3 is 2.74 bits per heavy atom. The molecule has 0 aliphatic rings. The van der Waals surface area contributed by atoms with E-state index in [0.717, 1.165) is 12.4 Å². The van der Waals surface area contributed by atoms with Crippen LogP contribution < -0.4 is 10.3 Å². The number of hydrogen-bond acceptors (Lipinski definition) is 6. The predicted octanol–water partition coefficient (Wildman–Crippen LogP) is 3.02. The third kappa shape index (κ3) is 3.71. The fourth-order valence-corrected chi connectivity index (χ4v) is 3.82. The van der Waals surface area contributed by atoms with Crippen molar-refractivity contribution in [2.45, 2.75) is 37.7 Å². The highest BCUT2D eigenvalue weighted by molar-refractivity contribution is 7.98. The van der Waals surface area contributed by atoms with Gasteiger partial charge in [0.25, 0.3) is 5.56 Å². The van der Waals surface area contributed by atoms with Gasteiger partial charge in [-0.1, -0.05) is 30.8 Å². The molecule has 3 aromatic rings. The van der Waals surface area contributed by atoms with Crippen LogP contribution >= 0.6 is 11.8 Å². The number of aromatic nitrogens is 4. The molecule has 2 aromatic heterocycles. The van der Waals surface area contributed by atoms with Crippen molar-refractivity contribution in [3.05, 3.63) is 58.4 Å². The summed E-state index contributed by atoms with van der Waals surface area (Å²) in [5.41, 5.74) is 0.574. The lowest BCUT2D eigenvalue weighted by atomic mass is 10.2. The first-order chi connectivity index (χ1) is 13.1. The summed E-state index contributed by atoms with van der Waals surface area (Å²) in [6.07, 6.45) is 4.05. The topological polar surface area (TPSA) is 82.2 Å². The monoisotopic (exact) mass is 386 g/mol. The lowest BCUT2D eigenvalue weighted by Crippen LogP contribution is -2.25. The van der Waals surface area contributed by atoms with Gasteiger partial charge in [0, 0.05) is 18.9 Å². The van der Waals surface area contributed by atoms with Crippen LogP contribution in [0.5, 0.6) is 11.6 Å². The molecule has 27 heavy (non-hydrogen) atoms. The van der Waals surface area contributed by atoms with Crippen LogP contribution in [0.15, 0.2) is 46.6 Å². The van der Waals surface area contributed by atoms with Crippen LogP contribution in [0.3, 0.4) is 0 Å². The standard InChI is InChI=1S/C19H22N4O3S/c1-4-13-17(24)21-19(27-12-16-20-10-11-22(16)5-2)23(18(13)25)14-8-6-7-9-15(14)26-3/h6-11,24H,4-5,12H2,1-3H3. The zero-order chi connectivity index (χ0) is 19.4. The second-order valence-electron chi connectivity index (χ2n) is 5.78. The Morgan fingerprint density at radius 2 is 2.04 bits per heavy atom. The number of methoxy groups -OCH3 is 1. The van der Waals surface area contributed by atoms with Gasteiger partial charge in [-0.3, -0.25) is 9.36 Å². The number of ether oxygens (including phenoxy) is 1. The minimum atomic E-state index is -0.296. The summed E-state index contributed by atoms with van der Waals surface area (Å²) in [5, 5.41) is 10.6. The Balaban J connectivity index is 2.11. The molecule has 0 aliphatic heterocycles. The van der Waals surface area contributed by atoms with Gasteiger partial charge in [0.2, 0.25) is 5.88 Å². The van der Waals surface area contributed by atoms with Gasteiger partial charge in [0.15, 0.2) is 5.16 Å². The van der Waals surface area contributed by atoms with Crippen LogP contribution in [0.2, 0.25) is 0 Å². The SMILES string of the molecule is CCc1c(O)nc(SCc2nccn2CC)n(-c2ccccc2OC)c1=O. The zero-order valence-electron chi connectivity index (χ0n) is 15.5. The van der Waals surface area contributed by atoms with E-state index in [1.54, 1.807) is 25.4 Å². The Labute approximate surface area is 161 Å². The van der Waals surface area contributed by atoms with Crippen LogP contribution in [0.25, 0.3) is 5.69 Å². The number of hydrogen-bond donors (Lipinski definition) is 1. The van der Waals surface area contributed by atoms with Gasteiger partial charge in [-0.05, 0) is 25.5 Å². The molecule has 0 saturated carbocycles. The first-order valence-electron chi connectivity index (χ1n) is 8.71. The van der Waals surface area contributed by atoms with Gasteiger partial charge in [0.1, 0.15) is 11.6 Å². The fourth-order valence-electron chi connectivity index (χ4n) is 2.86. The van der Waals surface area contributed by atoms with Crippen molar-refractivity contribution in [2.24, 2.45) is 0 Å². The first kappa shape index (κ1) is 19.0. The summed E-state index contributed by atoms with van der Waals surface area (Å²) in [4.78, 5) is 21.7. The molecule has 7 nitrogen and oxygen atoms in total. The lowest BCUT2D eigenvalue weighted by molar-refractivity contribution is 0.408. The molecule has 2 heterocycles. The van der Waals surface area contributed by atoms with Gasteiger partial charge >= 0.3 is 0 Å². The average Bonchev–Trinajstić information content (AvgIpc) is 3.14. The summed E-state index contributed by atoms with van der Waals surface area (Å²) < 4.78 is 8.95. The Kier molecular flexibility index (Phi) is 5.85. The number of para-hydroxylation sites is 2. The molecule has 3 rings (SSSR count). The van der Waals surface area contributed by atoms with Crippen LogP contribution in [-0.4, -0.2) is 31.3 Å². The van der Waals surface area contributed by atoms with Crippen molar-refractivity contribution < 1.29 is 9.84 Å². The van der Waals surface area contributed by atoms with Crippen molar-refractivity contribution in [3.8, 4) is 17.3 Å². The van der Waals surface area contributed by atoms with Crippen molar-refractivity contribution >= 4 is 11.8 Å². The second-order valence-corrected chi connectivity index (χ2v) is 6.72. The summed E-state index contributed by atoms with van der Waals surface area (Å²) in [5.74, 6) is 1.73. The van der Waals surface area contributed by atoms with Crippen LogP contribution in [-0.2, 0) is 18.7 Å². The van der Waals surface area contributed by atoms with Crippen LogP contribution in [0.4, 0.5) is 0 Å². The fraction of sp³-hybridized carbons (Fsp3) is 0.316. The Hall–Kier alpha value is -2.74. The number of rotatable bonds is 7. The van der Waals surface area contributed by atoms with Gasteiger partial charge in [0.05, 0.1) is 24.1 Å². The second kappa shape index (κ2) is 8.30. The van der Waals surface area contributed by atoms with Crippen molar-refractivity contribution in [1.82, 2.24) is 19.1 Å². The molecule has 1 N–H and O–H groups in total. The quantitative estimate of drug-likeness (QED) is 0.496. The molecule has 0 unspecified atom stereocenters. The van der Waals surface area contributed by atoms with E-state index in [4.69, 9.17) is 4.74 Å². The molecule has 142 valence electrons. The molecule has 0 bridgehead atoms. The van der Waals surface area contributed by atoms with E-state index in [1.165, 1.54) is 16.3 Å². The maximum absolute atomic E-state index is 13.1. The molecule has 1 aromatic carbocycles. The molecule has 0 radical (unpaired) electrons. The number of imidazole rings is 1. The highest BCUT2D eigenvalue weighted by Gasteiger charge is 2.19. The molecular weight excluding hydrogens is 364 g/mol. The summed E-state index contributed by atoms with van der Waals surface area (Å²) >= 11 is 1.35.